The van der Waals surface area contributed by atoms with E-state index < -0.39 is 135 Å². The van der Waals surface area contributed by atoms with Crippen molar-refractivity contribution in [3.8, 4) is 11.5 Å². The molecule has 0 bridgehead atoms. The van der Waals surface area contributed by atoms with Crippen molar-refractivity contribution in [1.29, 1.82) is 0 Å². The number of allylic oxidation sites excluding steroid dienone is 2. The predicted octanol–water partition coefficient (Wildman–Crippen LogP) is -0.661. The number of hydrogen-bond donors (Lipinski definition) is 8. The predicted molar refractivity (Wildman–Crippen MR) is 170 cm³/mol. The summed E-state index contributed by atoms with van der Waals surface area (Å²) in [5.74, 6) is -7.65. The van der Waals surface area contributed by atoms with Crippen LogP contribution in [0.25, 0.3) is 0 Å². The zero-order chi connectivity index (χ0) is 37.5. The summed E-state index contributed by atoms with van der Waals surface area (Å²) < 4.78 is 21.4. The van der Waals surface area contributed by atoms with Gasteiger partial charge in [-0.05, 0) is 37.1 Å². The van der Waals surface area contributed by atoms with Crippen LogP contribution < -0.4 is 5.32 Å². The molecule has 0 radical (unpaired) electrons. The largest absolute Gasteiger partial charge is 0.507 e. The lowest BCUT2D eigenvalue weighted by Gasteiger charge is -2.53. The molecule has 3 aliphatic carbocycles. The molecule has 0 unspecified atom stereocenters. The molecule has 6 rings (SSSR count). The Morgan fingerprint density at radius 2 is 1.75 bits per heavy atom. The molecule has 17 nitrogen and oxygen atoms in total. The van der Waals surface area contributed by atoms with E-state index in [2.05, 4.69) is 10.5 Å². The number of carbonyl (C=O) groups is 4. The molecule has 0 amide bonds. The fraction of sp³-hybridized carbons (Fsp3) is 0.441. The Hall–Kier alpha value is -4.75. The first-order valence-corrected chi connectivity index (χ1v) is 15.7. The molecule has 0 saturated carbocycles. The van der Waals surface area contributed by atoms with Crippen LogP contribution in [0.15, 0.2) is 29.1 Å². The smallest absolute Gasteiger partial charge is 0.341 e. The van der Waals surface area contributed by atoms with E-state index in [1.165, 1.54) is 20.1 Å². The van der Waals surface area contributed by atoms with Gasteiger partial charge in [-0.2, -0.15) is 0 Å². The van der Waals surface area contributed by atoms with Crippen molar-refractivity contribution in [2.75, 3.05) is 27.9 Å². The van der Waals surface area contributed by atoms with Gasteiger partial charge in [-0.3, -0.25) is 14.4 Å². The second kappa shape index (κ2) is 12.5. The van der Waals surface area contributed by atoms with E-state index in [-0.39, 0.29) is 16.8 Å². The SMILES string of the molecule is COC(=O)c1c(C)cc2c(c1O)[C@]1(O)C(=O)c3cc4c(c(O)c3C(=O)[C@]1(OC)[C@H](O)C2)/C(=N/O)C=C(N[C@H]1O[C@@H](C)[C@H](OC)[C@@H](O)[C@H]1CO)C4=O. The number of Topliss-reactive ketones (excluding diaryl/α,β-unsaturated/α-hetero) is 3. The van der Waals surface area contributed by atoms with Gasteiger partial charge in [0.25, 0.3) is 0 Å². The van der Waals surface area contributed by atoms with Crippen LogP contribution in [-0.2, 0) is 31.0 Å². The van der Waals surface area contributed by atoms with Gasteiger partial charge >= 0.3 is 5.97 Å². The molecule has 2 aromatic rings. The van der Waals surface area contributed by atoms with Crippen LogP contribution in [0.5, 0.6) is 11.5 Å². The standard InChI is InChI=1S/C34H36N2O15/c1-11-6-13-7-19(38)34(50-5)30(44)22-15(29(43)33(34,46)23(13)27(42)20(11)32(45)49-4)8-14-21(26(22)41)17(36-47)9-18(24(14)39)35-31-16(10-37)25(40)28(48-3)12(2)51-31/h6,8-9,12,16,19,25,28,31,35,37-38,40-42,46-47H,7,10H2,1-5H3/b36-17+/t12-,16+,19+,25-,28-,31-,33-,34+/m0/s1. The highest BCUT2D eigenvalue weighted by Gasteiger charge is 2.72. The van der Waals surface area contributed by atoms with Gasteiger partial charge in [0.05, 0.1) is 54.8 Å². The normalized spacial score (nSPS) is 32.1. The summed E-state index contributed by atoms with van der Waals surface area (Å²) in [6.07, 6.45) is -5.40. The van der Waals surface area contributed by atoms with Crippen LogP contribution in [0.1, 0.15) is 70.6 Å². The molecular formula is C34H36N2O15. The fourth-order valence-electron chi connectivity index (χ4n) is 7.99. The number of benzene rings is 2. The van der Waals surface area contributed by atoms with Crippen molar-refractivity contribution in [2.45, 2.75) is 62.1 Å². The number of nitrogens with one attached hydrogen (secondary N) is 1. The molecule has 0 aromatic heterocycles. The van der Waals surface area contributed by atoms with Crippen LogP contribution >= 0.6 is 0 Å². The summed E-state index contributed by atoms with van der Waals surface area (Å²) in [6.45, 7) is 2.43. The van der Waals surface area contributed by atoms with Gasteiger partial charge in [0.1, 0.15) is 35.1 Å². The third kappa shape index (κ3) is 4.63. The molecule has 272 valence electrons. The van der Waals surface area contributed by atoms with Gasteiger partial charge in [-0.25, -0.2) is 4.79 Å². The molecule has 1 heterocycles. The Kier molecular flexibility index (Phi) is 8.82. The molecule has 8 N–H and O–H groups in total. The summed E-state index contributed by atoms with van der Waals surface area (Å²) in [6, 6.07) is 2.21. The number of carbonyl (C=O) groups excluding carboxylic acids is 4. The first-order chi connectivity index (χ1) is 24.1. The van der Waals surface area contributed by atoms with Crippen molar-refractivity contribution in [1.82, 2.24) is 5.32 Å². The number of nitrogens with zero attached hydrogens (tertiary/aromatic N) is 1. The van der Waals surface area contributed by atoms with Crippen molar-refractivity contribution in [3.63, 3.8) is 0 Å². The zero-order valence-electron chi connectivity index (χ0n) is 28.0. The first kappa shape index (κ1) is 36.1. The number of aromatic hydroxyl groups is 2. The Balaban J connectivity index is 1.54. The third-order valence-electron chi connectivity index (χ3n) is 10.4. The lowest BCUT2D eigenvalue weighted by molar-refractivity contribution is -0.214. The highest BCUT2D eigenvalue weighted by atomic mass is 16.6. The highest BCUT2D eigenvalue weighted by Crippen LogP contribution is 2.56. The minimum Gasteiger partial charge on any atom is -0.507 e. The van der Waals surface area contributed by atoms with E-state index in [1.54, 1.807) is 6.92 Å². The van der Waals surface area contributed by atoms with Crippen molar-refractivity contribution in [2.24, 2.45) is 11.1 Å². The number of phenolic OH excluding ortho intramolecular Hbond substituents is 2. The molecule has 0 spiro atoms. The average Bonchev–Trinajstić information content (AvgIpc) is 3.08. The number of aliphatic hydroxyl groups is 4. The molecule has 1 aliphatic heterocycles. The second-order valence-electron chi connectivity index (χ2n) is 12.9. The molecule has 1 saturated heterocycles. The van der Waals surface area contributed by atoms with Crippen LogP contribution in [0.3, 0.4) is 0 Å². The van der Waals surface area contributed by atoms with Gasteiger partial charge in [-0.1, -0.05) is 11.2 Å². The summed E-state index contributed by atoms with van der Waals surface area (Å²) >= 11 is 0. The maximum Gasteiger partial charge on any atom is 0.341 e. The van der Waals surface area contributed by atoms with Crippen LogP contribution in [0, 0.1) is 12.8 Å². The van der Waals surface area contributed by atoms with Crippen molar-refractivity contribution < 1.29 is 74.0 Å². The topological polar surface area (TPSA) is 271 Å². The Labute approximate surface area is 289 Å². The lowest BCUT2D eigenvalue weighted by atomic mass is 9.56. The van der Waals surface area contributed by atoms with E-state index in [1.807, 2.05) is 0 Å². The summed E-state index contributed by atoms with van der Waals surface area (Å²) in [4.78, 5) is 55.9. The number of ether oxygens (including phenoxy) is 4. The number of aliphatic hydroxyl groups excluding tert-OH is 3. The molecule has 1 fully saturated rings. The third-order valence-corrected chi connectivity index (χ3v) is 10.4. The second-order valence-corrected chi connectivity index (χ2v) is 12.9. The maximum atomic E-state index is 14.6. The minimum atomic E-state index is -3.24. The van der Waals surface area contributed by atoms with Gasteiger partial charge < -0.3 is 60.1 Å². The van der Waals surface area contributed by atoms with Gasteiger partial charge in [-0.15, -0.1) is 0 Å². The highest BCUT2D eigenvalue weighted by molar-refractivity contribution is 6.31. The Morgan fingerprint density at radius 1 is 1.06 bits per heavy atom. The number of rotatable bonds is 6. The maximum absolute atomic E-state index is 14.6. The van der Waals surface area contributed by atoms with Gasteiger partial charge in [0.15, 0.2) is 11.2 Å². The number of esters is 1. The molecule has 4 aliphatic rings. The lowest BCUT2D eigenvalue weighted by Crippen LogP contribution is -2.73. The van der Waals surface area contributed by atoms with E-state index in [9.17, 15) is 55.0 Å². The molecular weight excluding hydrogens is 676 g/mol. The molecule has 8 atom stereocenters. The zero-order valence-corrected chi connectivity index (χ0v) is 28.0. The number of oxime groups is 1. The number of methoxy groups -OCH3 is 3. The van der Waals surface area contributed by atoms with Gasteiger partial charge in [0.2, 0.25) is 17.3 Å². The molecule has 51 heavy (non-hydrogen) atoms. The number of hydrogen-bond acceptors (Lipinski definition) is 17. The number of fused-ring (bicyclic) bond motifs is 5. The molecule has 2 aromatic carbocycles. The number of aryl methyl sites for hydroxylation is 1. The molecule has 17 heteroatoms. The van der Waals surface area contributed by atoms with E-state index in [0.717, 1.165) is 26.4 Å². The number of phenols is 2. The Morgan fingerprint density at radius 3 is 2.33 bits per heavy atom. The van der Waals surface area contributed by atoms with Crippen LogP contribution in [-0.4, -0.2) is 129 Å². The van der Waals surface area contributed by atoms with Crippen molar-refractivity contribution >= 4 is 29.0 Å². The van der Waals surface area contributed by atoms with E-state index in [4.69, 9.17) is 18.9 Å². The summed E-state index contributed by atoms with van der Waals surface area (Å²) in [5.41, 5.74) is -10.3. The minimum absolute atomic E-state index is 0.00893. The van der Waals surface area contributed by atoms with Gasteiger partial charge in [0, 0.05) is 37.3 Å². The van der Waals surface area contributed by atoms with E-state index in [0.29, 0.717) is 0 Å². The van der Waals surface area contributed by atoms with Crippen molar-refractivity contribution in [3.05, 3.63) is 68.4 Å². The fourth-order valence-corrected chi connectivity index (χ4v) is 7.99. The summed E-state index contributed by atoms with van der Waals surface area (Å²) in [7, 11) is 3.31. The monoisotopic (exact) mass is 712 g/mol. The average molecular weight is 713 g/mol. The number of ketones is 3. The Bertz CT molecular complexity index is 1960. The quantitative estimate of drug-likeness (QED) is 0.105. The van der Waals surface area contributed by atoms with Crippen LogP contribution in [0.2, 0.25) is 0 Å². The first-order valence-electron chi connectivity index (χ1n) is 15.7. The van der Waals surface area contributed by atoms with Crippen LogP contribution in [0.4, 0.5) is 0 Å². The van der Waals surface area contributed by atoms with E-state index >= 15 is 0 Å². The summed E-state index contributed by atoms with van der Waals surface area (Å²) in [5, 5.41) is 83.8.